The van der Waals surface area contributed by atoms with E-state index in [-0.39, 0.29) is 5.41 Å². The Labute approximate surface area is 108 Å². The van der Waals surface area contributed by atoms with Crippen molar-refractivity contribution in [2.75, 3.05) is 26.4 Å². The standard InChI is InChI=1S/C13H21N5/c1-13(2,8-17(3)4)9-18-11-5-6-15-7-10(11)16-12(18)14/h5-7H,8-9H2,1-4H3,(H2,14,16). The highest BCUT2D eigenvalue weighted by atomic mass is 15.2. The van der Waals surface area contributed by atoms with E-state index in [2.05, 4.69) is 47.4 Å². The summed E-state index contributed by atoms with van der Waals surface area (Å²) in [5, 5.41) is 0. The van der Waals surface area contributed by atoms with Crippen molar-refractivity contribution in [3.8, 4) is 0 Å². The lowest BCUT2D eigenvalue weighted by molar-refractivity contribution is 0.214. The van der Waals surface area contributed by atoms with Gasteiger partial charge in [0.05, 0.1) is 11.7 Å². The van der Waals surface area contributed by atoms with E-state index < -0.39 is 0 Å². The summed E-state index contributed by atoms with van der Waals surface area (Å²) in [6.45, 7) is 6.31. The number of nitrogens with zero attached hydrogens (tertiary/aromatic N) is 4. The van der Waals surface area contributed by atoms with Gasteiger partial charge in [0.1, 0.15) is 5.52 Å². The molecule has 5 heteroatoms. The van der Waals surface area contributed by atoms with E-state index in [1.54, 1.807) is 12.4 Å². The summed E-state index contributed by atoms with van der Waals surface area (Å²) in [6, 6.07) is 1.96. The van der Waals surface area contributed by atoms with Gasteiger partial charge in [0.25, 0.3) is 0 Å². The molecular formula is C13H21N5. The molecule has 0 aliphatic heterocycles. The summed E-state index contributed by atoms with van der Waals surface area (Å²) in [5.41, 5.74) is 8.04. The van der Waals surface area contributed by atoms with E-state index in [0.29, 0.717) is 5.95 Å². The zero-order valence-corrected chi connectivity index (χ0v) is 11.5. The van der Waals surface area contributed by atoms with Crippen LogP contribution in [-0.4, -0.2) is 40.1 Å². The van der Waals surface area contributed by atoms with Crippen molar-refractivity contribution in [2.24, 2.45) is 5.41 Å². The number of fused-ring (bicyclic) bond motifs is 1. The lowest BCUT2D eigenvalue weighted by Crippen LogP contribution is -2.32. The van der Waals surface area contributed by atoms with Crippen molar-refractivity contribution in [3.63, 3.8) is 0 Å². The highest BCUT2D eigenvalue weighted by molar-refractivity contribution is 5.77. The molecule has 0 spiro atoms. The molecule has 2 aromatic rings. The number of nitrogen functional groups attached to an aromatic ring is 1. The lowest BCUT2D eigenvalue weighted by Gasteiger charge is -2.29. The molecule has 0 unspecified atom stereocenters. The number of anilines is 1. The van der Waals surface area contributed by atoms with E-state index in [9.17, 15) is 0 Å². The quantitative estimate of drug-likeness (QED) is 0.891. The monoisotopic (exact) mass is 247 g/mol. The maximum atomic E-state index is 6.00. The third-order valence-corrected chi connectivity index (χ3v) is 2.91. The van der Waals surface area contributed by atoms with E-state index in [4.69, 9.17) is 5.73 Å². The molecule has 0 bridgehead atoms. The van der Waals surface area contributed by atoms with Crippen LogP contribution >= 0.6 is 0 Å². The van der Waals surface area contributed by atoms with Crippen LogP contribution in [-0.2, 0) is 6.54 Å². The molecule has 0 aliphatic rings. The van der Waals surface area contributed by atoms with Crippen molar-refractivity contribution in [1.82, 2.24) is 19.4 Å². The van der Waals surface area contributed by atoms with Crippen molar-refractivity contribution in [1.29, 1.82) is 0 Å². The van der Waals surface area contributed by atoms with Crippen molar-refractivity contribution in [2.45, 2.75) is 20.4 Å². The molecule has 5 nitrogen and oxygen atoms in total. The fourth-order valence-electron chi connectivity index (χ4n) is 2.50. The zero-order chi connectivity index (χ0) is 13.3. The summed E-state index contributed by atoms with van der Waals surface area (Å²) in [5.74, 6) is 0.560. The van der Waals surface area contributed by atoms with Gasteiger partial charge < -0.3 is 15.2 Å². The van der Waals surface area contributed by atoms with Gasteiger partial charge in [0, 0.05) is 19.3 Å². The van der Waals surface area contributed by atoms with Crippen molar-refractivity contribution < 1.29 is 0 Å². The summed E-state index contributed by atoms with van der Waals surface area (Å²) in [7, 11) is 4.17. The molecule has 0 amide bonds. The van der Waals surface area contributed by atoms with E-state index in [1.165, 1.54) is 0 Å². The van der Waals surface area contributed by atoms with Gasteiger partial charge >= 0.3 is 0 Å². The Morgan fingerprint density at radius 1 is 1.39 bits per heavy atom. The van der Waals surface area contributed by atoms with Gasteiger partial charge in [-0.2, -0.15) is 0 Å². The Morgan fingerprint density at radius 3 is 2.78 bits per heavy atom. The van der Waals surface area contributed by atoms with Crippen LogP contribution in [0.1, 0.15) is 13.8 Å². The molecule has 2 rings (SSSR count). The minimum absolute atomic E-state index is 0.133. The first kappa shape index (κ1) is 12.8. The summed E-state index contributed by atoms with van der Waals surface area (Å²) < 4.78 is 2.07. The first-order valence-corrected chi connectivity index (χ1v) is 6.09. The van der Waals surface area contributed by atoms with Gasteiger partial charge in [-0.3, -0.25) is 4.98 Å². The molecule has 0 fully saturated rings. The SMILES string of the molecule is CN(C)CC(C)(C)Cn1c(N)nc2cnccc21. The predicted molar refractivity (Wildman–Crippen MR) is 74.3 cm³/mol. The molecule has 18 heavy (non-hydrogen) atoms. The maximum absolute atomic E-state index is 6.00. The van der Waals surface area contributed by atoms with Gasteiger partial charge in [-0.15, -0.1) is 0 Å². The second-order valence-electron chi connectivity index (χ2n) is 5.82. The number of rotatable bonds is 4. The highest BCUT2D eigenvalue weighted by Gasteiger charge is 2.22. The van der Waals surface area contributed by atoms with Gasteiger partial charge in [0.15, 0.2) is 0 Å². The minimum Gasteiger partial charge on any atom is -0.369 e. The van der Waals surface area contributed by atoms with Crippen LogP contribution in [0.25, 0.3) is 11.0 Å². The van der Waals surface area contributed by atoms with Gasteiger partial charge in [-0.05, 0) is 25.6 Å². The first-order chi connectivity index (χ1) is 8.39. The topological polar surface area (TPSA) is 60.0 Å². The molecule has 0 radical (unpaired) electrons. The molecule has 0 aliphatic carbocycles. The highest BCUT2D eigenvalue weighted by Crippen LogP contribution is 2.24. The van der Waals surface area contributed by atoms with Crippen LogP contribution < -0.4 is 5.73 Å². The average molecular weight is 247 g/mol. The normalized spacial score (nSPS) is 12.5. The third kappa shape index (κ3) is 2.61. The molecule has 2 N–H and O–H groups in total. The van der Waals surface area contributed by atoms with Crippen molar-refractivity contribution >= 4 is 17.0 Å². The average Bonchev–Trinajstić information content (AvgIpc) is 2.53. The molecule has 0 aromatic carbocycles. The molecule has 2 heterocycles. The Bertz CT molecular complexity index is 541. The lowest BCUT2D eigenvalue weighted by atomic mass is 9.93. The van der Waals surface area contributed by atoms with Gasteiger partial charge in [-0.25, -0.2) is 4.98 Å². The Morgan fingerprint density at radius 2 is 2.11 bits per heavy atom. The molecule has 98 valence electrons. The van der Waals surface area contributed by atoms with E-state index >= 15 is 0 Å². The van der Waals surface area contributed by atoms with Crippen molar-refractivity contribution in [3.05, 3.63) is 18.5 Å². The zero-order valence-electron chi connectivity index (χ0n) is 11.5. The smallest absolute Gasteiger partial charge is 0.201 e. The summed E-state index contributed by atoms with van der Waals surface area (Å²) >= 11 is 0. The number of nitrogens with two attached hydrogens (primary N) is 1. The molecule has 2 aromatic heterocycles. The van der Waals surface area contributed by atoms with Crippen LogP contribution in [0.15, 0.2) is 18.5 Å². The van der Waals surface area contributed by atoms with E-state index in [1.807, 2.05) is 6.07 Å². The van der Waals surface area contributed by atoms with Crippen LogP contribution in [0.5, 0.6) is 0 Å². The molecular weight excluding hydrogens is 226 g/mol. The number of pyridine rings is 1. The predicted octanol–water partition coefficient (Wildman–Crippen LogP) is 1.60. The molecule has 0 saturated carbocycles. The van der Waals surface area contributed by atoms with E-state index in [0.717, 1.165) is 24.1 Å². The van der Waals surface area contributed by atoms with Crippen LogP contribution in [0, 0.1) is 5.41 Å². The maximum Gasteiger partial charge on any atom is 0.201 e. The molecule has 0 saturated heterocycles. The Kier molecular flexibility index (Phi) is 3.26. The number of hydrogen-bond acceptors (Lipinski definition) is 4. The third-order valence-electron chi connectivity index (χ3n) is 2.91. The second kappa shape index (κ2) is 4.57. The summed E-state index contributed by atoms with van der Waals surface area (Å²) in [4.78, 5) is 10.6. The van der Waals surface area contributed by atoms with Crippen LogP contribution in [0.2, 0.25) is 0 Å². The number of hydrogen-bond donors (Lipinski definition) is 1. The fraction of sp³-hybridized carbons (Fsp3) is 0.538. The Hall–Kier alpha value is -1.62. The Balaban J connectivity index is 2.34. The summed E-state index contributed by atoms with van der Waals surface area (Å²) in [6.07, 6.45) is 3.53. The first-order valence-electron chi connectivity index (χ1n) is 6.09. The number of imidazole rings is 1. The molecule has 0 atom stereocenters. The van der Waals surface area contributed by atoms with Crippen LogP contribution in [0.4, 0.5) is 5.95 Å². The van der Waals surface area contributed by atoms with Gasteiger partial charge in [0.2, 0.25) is 5.95 Å². The largest absolute Gasteiger partial charge is 0.369 e. The minimum atomic E-state index is 0.133. The number of aromatic nitrogens is 3. The second-order valence-corrected chi connectivity index (χ2v) is 5.82. The van der Waals surface area contributed by atoms with Gasteiger partial charge in [-0.1, -0.05) is 13.8 Å². The fourth-order valence-corrected chi connectivity index (χ4v) is 2.50. The van der Waals surface area contributed by atoms with Crippen LogP contribution in [0.3, 0.4) is 0 Å².